The second-order valence-electron chi connectivity index (χ2n) is 7.05. The summed E-state index contributed by atoms with van der Waals surface area (Å²) < 4.78 is 1.66. The Bertz CT molecular complexity index is 1280. The molecule has 0 bridgehead atoms. The molecule has 8 heteroatoms. The van der Waals surface area contributed by atoms with Gasteiger partial charge in [0, 0.05) is 15.6 Å². The smallest absolute Gasteiger partial charge is 0.295 e. The molecule has 0 aliphatic heterocycles. The third kappa shape index (κ3) is 4.59. The summed E-state index contributed by atoms with van der Waals surface area (Å²) in [6.07, 6.45) is 0. The Morgan fingerprint density at radius 2 is 1.61 bits per heavy atom. The van der Waals surface area contributed by atoms with E-state index < -0.39 is 5.91 Å². The lowest BCUT2D eigenvalue weighted by molar-refractivity contribution is 0.101. The minimum absolute atomic E-state index is 0.0101. The number of carbonyl (C=O) groups excluding carboxylic acids is 1. The molecular weight excluding hydrogens is 455 g/mol. The number of anilines is 1. The van der Waals surface area contributed by atoms with Gasteiger partial charge in [-0.05, 0) is 67.9 Å². The van der Waals surface area contributed by atoms with Gasteiger partial charge in [-0.15, -0.1) is 5.10 Å². The number of nitrogens with one attached hydrogen (secondary N) is 1. The van der Waals surface area contributed by atoms with Crippen LogP contribution in [0.25, 0.3) is 17.1 Å². The first-order chi connectivity index (χ1) is 14.8. The molecule has 156 valence electrons. The van der Waals surface area contributed by atoms with Gasteiger partial charge >= 0.3 is 0 Å². The van der Waals surface area contributed by atoms with Gasteiger partial charge in [-0.1, -0.05) is 52.5 Å². The minimum Gasteiger partial charge on any atom is -0.318 e. The van der Waals surface area contributed by atoms with Crippen LogP contribution in [0.3, 0.4) is 0 Å². The summed E-state index contributed by atoms with van der Waals surface area (Å²) in [6.45, 7) is 4.01. The van der Waals surface area contributed by atoms with Crippen LogP contribution in [-0.2, 0) is 0 Å². The largest absolute Gasteiger partial charge is 0.318 e. The molecule has 0 aliphatic rings. The van der Waals surface area contributed by atoms with E-state index in [0.29, 0.717) is 26.6 Å². The van der Waals surface area contributed by atoms with E-state index in [-0.39, 0.29) is 5.82 Å². The normalized spacial score (nSPS) is 10.9. The lowest BCUT2D eigenvalue weighted by Crippen LogP contribution is -2.14. The number of amides is 1. The van der Waals surface area contributed by atoms with Gasteiger partial charge in [0.15, 0.2) is 5.82 Å². The van der Waals surface area contributed by atoms with Crippen LogP contribution >= 0.6 is 34.8 Å². The minimum atomic E-state index is -0.483. The predicted molar refractivity (Wildman–Crippen MR) is 126 cm³/mol. The van der Waals surface area contributed by atoms with Crippen LogP contribution in [0.15, 0.2) is 60.7 Å². The second kappa shape index (κ2) is 8.71. The van der Waals surface area contributed by atoms with Gasteiger partial charge in [-0.3, -0.25) is 4.79 Å². The molecule has 4 aromatic rings. The fourth-order valence-corrected chi connectivity index (χ4v) is 3.76. The number of rotatable bonds is 4. The number of hydrogen-bond donors (Lipinski definition) is 1. The third-order valence-corrected chi connectivity index (χ3v) is 5.47. The monoisotopic (exact) mass is 470 g/mol. The predicted octanol–water partition coefficient (Wildman–Crippen LogP) is 6.76. The fraction of sp³-hybridized carbons (Fsp3) is 0.0870. The zero-order valence-electron chi connectivity index (χ0n) is 16.7. The molecule has 0 saturated carbocycles. The lowest BCUT2D eigenvalue weighted by Gasteiger charge is -2.10. The maximum atomic E-state index is 12.9. The number of aryl methyl sites for hydroxylation is 2. The molecule has 0 aliphatic carbocycles. The standard InChI is InChI=1S/C23H17Cl3N4O/c1-13-3-10-20(14(2)11-13)30-22(15-4-6-16(24)7-5-15)28-21(29-30)23(31)27-19-9-8-17(25)12-18(19)26/h3-12H,1-2H3,(H,27,31). The average Bonchev–Trinajstić information content (AvgIpc) is 3.16. The van der Waals surface area contributed by atoms with E-state index in [1.807, 2.05) is 38.1 Å². The number of aromatic nitrogens is 3. The van der Waals surface area contributed by atoms with Crippen LogP contribution in [-0.4, -0.2) is 20.7 Å². The molecule has 5 nitrogen and oxygen atoms in total. The van der Waals surface area contributed by atoms with Crippen LogP contribution in [0.1, 0.15) is 21.7 Å². The molecular formula is C23H17Cl3N4O. The van der Waals surface area contributed by atoms with Crippen molar-refractivity contribution in [3.8, 4) is 17.1 Å². The van der Waals surface area contributed by atoms with Gasteiger partial charge in [0.2, 0.25) is 5.82 Å². The van der Waals surface area contributed by atoms with Crippen LogP contribution in [0, 0.1) is 13.8 Å². The molecule has 0 fully saturated rings. The Morgan fingerprint density at radius 3 is 2.29 bits per heavy atom. The highest BCUT2D eigenvalue weighted by molar-refractivity contribution is 6.36. The molecule has 31 heavy (non-hydrogen) atoms. The first kappa shape index (κ1) is 21.4. The summed E-state index contributed by atoms with van der Waals surface area (Å²) in [5.41, 5.74) is 4.16. The Morgan fingerprint density at radius 1 is 0.903 bits per heavy atom. The fourth-order valence-electron chi connectivity index (χ4n) is 3.17. The van der Waals surface area contributed by atoms with Crippen molar-refractivity contribution < 1.29 is 4.79 Å². The molecule has 1 N–H and O–H groups in total. The number of halogens is 3. The Kier molecular flexibility index (Phi) is 6.01. The van der Waals surface area contributed by atoms with Gasteiger partial charge < -0.3 is 5.32 Å². The van der Waals surface area contributed by atoms with Crippen LogP contribution in [0.2, 0.25) is 15.1 Å². The first-order valence-corrected chi connectivity index (χ1v) is 10.5. The molecule has 1 heterocycles. The van der Waals surface area contributed by atoms with E-state index in [4.69, 9.17) is 34.8 Å². The average molecular weight is 472 g/mol. The summed E-state index contributed by atoms with van der Waals surface area (Å²) in [4.78, 5) is 17.4. The number of benzene rings is 3. The van der Waals surface area contributed by atoms with E-state index in [1.165, 1.54) is 0 Å². The first-order valence-electron chi connectivity index (χ1n) is 9.39. The molecule has 4 rings (SSSR count). The van der Waals surface area contributed by atoms with Crippen molar-refractivity contribution in [3.63, 3.8) is 0 Å². The summed E-state index contributed by atoms with van der Waals surface area (Å²) in [7, 11) is 0. The van der Waals surface area contributed by atoms with E-state index >= 15 is 0 Å². The van der Waals surface area contributed by atoms with Crippen LogP contribution in [0.4, 0.5) is 5.69 Å². The summed E-state index contributed by atoms with van der Waals surface area (Å²) >= 11 is 18.2. The van der Waals surface area contributed by atoms with Crippen molar-refractivity contribution in [2.45, 2.75) is 13.8 Å². The SMILES string of the molecule is Cc1ccc(-n2nc(C(=O)Nc3ccc(Cl)cc3Cl)nc2-c2ccc(Cl)cc2)c(C)c1. The van der Waals surface area contributed by atoms with E-state index in [2.05, 4.69) is 21.5 Å². The Hall–Kier alpha value is -2.86. The van der Waals surface area contributed by atoms with Crippen LogP contribution < -0.4 is 5.32 Å². The van der Waals surface area contributed by atoms with Crippen molar-refractivity contribution in [2.75, 3.05) is 5.32 Å². The third-order valence-electron chi connectivity index (χ3n) is 4.67. The van der Waals surface area contributed by atoms with Crippen molar-refractivity contribution >= 4 is 46.4 Å². The van der Waals surface area contributed by atoms with Gasteiger partial charge in [0.1, 0.15) is 0 Å². The zero-order chi connectivity index (χ0) is 22.1. The molecule has 0 saturated heterocycles. The highest BCUT2D eigenvalue weighted by atomic mass is 35.5. The molecule has 0 spiro atoms. The molecule has 0 atom stereocenters. The summed E-state index contributed by atoms with van der Waals surface area (Å²) in [5, 5.41) is 8.66. The molecule has 1 amide bonds. The van der Waals surface area contributed by atoms with Crippen LogP contribution in [0.5, 0.6) is 0 Å². The van der Waals surface area contributed by atoms with Crippen molar-refractivity contribution in [3.05, 3.63) is 92.7 Å². The Labute approximate surface area is 194 Å². The number of carbonyl (C=O) groups is 1. The molecule has 0 radical (unpaired) electrons. The van der Waals surface area contributed by atoms with Gasteiger partial charge in [-0.25, -0.2) is 9.67 Å². The molecule has 3 aromatic carbocycles. The Balaban J connectivity index is 1.79. The maximum Gasteiger partial charge on any atom is 0.295 e. The maximum absolute atomic E-state index is 12.9. The summed E-state index contributed by atoms with van der Waals surface area (Å²) in [6, 6.07) is 18.0. The number of nitrogens with zero attached hydrogens (tertiary/aromatic N) is 3. The lowest BCUT2D eigenvalue weighted by atomic mass is 10.1. The highest BCUT2D eigenvalue weighted by Crippen LogP contribution is 2.27. The van der Waals surface area contributed by atoms with E-state index in [9.17, 15) is 4.79 Å². The topological polar surface area (TPSA) is 59.8 Å². The zero-order valence-corrected chi connectivity index (χ0v) is 18.9. The van der Waals surface area contributed by atoms with E-state index in [0.717, 1.165) is 22.4 Å². The molecule has 1 aromatic heterocycles. The van der Waals surface area contributed by atoms with Crippen molar-refractivity contribution in [1.29, 1.82) is 0 Å². The quantitative estimate of drug-likeness (QED) is 0.357. The second-order valence-corrected chi connectivity index (χ2v) is 8.33. The van der Waals surface area contributed by atoms with Gasteiger partial charge in [-0.2, -0.15) is 0 Å². The number of hydrogen-bond acceptors (Lipinski definition) is 3. The molecule has 0 unspecified atom stereocenters. The summed E-state index contributed by atoms with van der Waals surface area (Å²) in [5.74, 6) is 0.0508. The van der Waals surface area contributed by atoms with Gasteiger partial charge in [0.25, 0.3) is 5.91 Å². The van der Waals surface area contributed by atoms with E-state index in [1.54, 1.807) is 35.0 Å². The van der Waals surface area contributed by atoms with Gasteiger partial charge in [0.05, 0.1) is 16.4 Å². The van der Waals surface area contributed by atoms with Crippen molar-refractivity contribution in [2.24, 2.45) is 0 Å². The highest BCUT2D eigenvalue weighted by Gasteiger charge is 2.20. The van der Waals surface area contributed by atoms with Crippen molar-refractivity contribution in [1.82, 2.24) is 14.8 Å².